The first-order chi connectivity index (χ1) is 15.2. The molecule has 1 fully saturated rings. The number of imidazole rings is 1. The molecule has 3 heterocycles. The van der Waals surface area contributed by atoms with Crippen LogP contribution < -0.4 is 14.8 Å². The number of anilines is 1. The highest BCUT2D eigenvalue weighted by Gasteiger charge is 2.43. The number of carbonyl (C=O) groups excluding carboxylic acids is 1. The van der Waals surface area contributed by atoms with Gasteiger partial charge in [-0.15, -0.1) is 8.78 Å². The molecule has 2 aromatic carbocycles. The van der Waals surface area contributed by atoms with Gasteiger partial charge >= 0.3 is 6.29 Å². The Bertz CT molecular complexity index is 1260. The first kappa shape index (κ1) is 20.6. The first-order valence-electron chi connectivity index (χ1n) is 9.50. The highest BCUT2D eigenvalue weighted by atomic mass is 32.2. The fourth-order valence-electron chi connectivity index (χ4n) is 3.41. The van der Waals surface area contributed by atoms with Crippen molar-refractivity contribution in [2.45, 2.75) is 11.2 Å². The van der Waals surface area contributed by atoms with Crippen LogP contribution >= 0.6 is 0 Å². The number of hydrogen-bond donors (Lipinski definition) is 2. The Morgan fingerprint density at radius 1 is 1.09 bits per heavy atom. The van der Waals surface area contributed by atoms with Gasteiger partial charge in [0.05, 0.1) is 29.1 Å². The monoisotopic (exact) mass is 466 g/mol. The summed E-state index contributed by atoms with van der Waals surface area (Å²) in [4.78, 5) is 19.6. The van der Waals surface area contributed by atoms with Crippen LogP contribution in [0.1, 0.15) is 10.4 Å². The van der Waals surface area contributed by atoms with E-state index < -0.39 is 22.2 Å². The van der Waals surface area contributed by atoms with E-state index >= 15 is 0 Å². The maximum atomic E-state index is 13.2. The van der Waals surface area contributed by atoms with Crippen LogP contribution in [-0.4, -0.2) is 61.2 Å². The molecule has 0 unspecified atom stereocenters. The predicted octanol–water partition coefficient (Wildman–Crippen LogP) is 2.16. The summed E-state index contributed by atoms with van der Waals surface area (Å²) in [6, 6.07) is 8.06. The number of aromatic nitrogens is 2. The van der Waals surface area contributed by atoms with E-state index in [9.17, 15) is 22.0 Å². The zero-order valence-electron chi connectivity index (χ0n) is 16.3. The van der Waals surface area contributed by atoms with E-state index in [-0.39, 0.29) is 46.5 Å². The number of H-pyrrole nitrogens is 1. The Kier molecular flexibility index (Phi) is 4.76. The number of fused-ring (bicyclic) bond motifs is 2. The number of halogens is 2. The number of carbonyl (C=O) groups is 1. The van der Waals surface area contributed by atoms with Gasteiger partial charge in [-0.05, 0) is 24.3 Å². The fourth-order valence-corrected chi connectivity index (χ4v) is 4.82. The number of sulfonamides is 1. The largest absolute Gasteiger partial charge is 0.586 e. The molecule has 1 aromatic heterocycles. The van der Waals surface area contributed by atoms with Crippen molar-refractivity contribution in [3.63, 3.8) is 0 Å². The smallest absolute Gasteiger partial charge is 0.395 e. The summed E-state index contributed by atoms with van der Waals surface area (Å²) in [6.07, 6.45) is -3.74. The first-order valence-corrected chi connectivity index (χ1v) is 10.9. The molecule has 3 aromatic rings. The molecular formula is C19H16F2N4O6S. The Balaban J connectivity index is 1.31. The minimum absolute atomic E-state index is 0.0745. The Labute approximate surface area is 180 Å². The van der Waals surface area contributed by atoms with Crippen LogP contribution in [0.3, 0.4) is 0 Å². The van der Waals surface area contributed by atoms with E-state index in [1.165, 1.54) is 40.7 Å². The zero-order valence-corrected chi connectivity index (χ0v) is 17.1. The third-order valence-electron chi connectivity index (χ3n) is 4.96. The summed E-state index contributed by atoms with van der Waals surface area (Å²) in [6.45, 7) is 1.21. The SMILES string of the molecule is O=C(Nc1nc2cc3c(cc2[nH]1)OC(F)(F)O3)c1ccc(S(=O)(=O)N2CCOCC2)cc1. The van der Waals surface area contributed by atoms with E-state index in [4.69, 9.17) is 4.74 Å². The molecule has 2 aliphatic rings. The van der Waals surface area contributed by atoms with E-state index in [1.807, 2.05) is 0 Å². The lowest BCUT2D eigenvalue weighted by Crippen LogP contribution is -2.40. The third-order valence-corrected chi connectivity index (χ3v) is 6.87. The van der Waals surface area contributed by atoms with Gasteiger partial charge in [-0.1, -0.05) is 0 Å². The summed E-state index contributed by atoms with van der Waals surface area (Å²) >= 11 is 0. The third kappa shape index (κ3) is 3.74. The zero-order chi connectivity index (χ0) is 22.5. The van der Waals surface area contributed by atoms with E-state index in [1.54, 1.807) is 0 Å². The summed E-state index contributed by atoms with van der Waals surface area (Å²) in [5, 5.41) is 2.55. The molecular weight excluding hydrogens is 450 g/mol. The molecule has 32 heavy (non-hydrogen) atoms. The molecule has 2 N–H and O–H groups in total. The van der Waals surface area contributed by atoms with Crippen molar-refractivity contribution in [3.8, 4) is 11.5 Å². The Morgan fingerprint density at radius 3 is 2.44 bits per heavy atom. The molecule has 0 radical (unpaired) electrons. The number of aromatic amines is 1. The van der Waals surface area contributed by atoms with Gasteiger partial charge in [0.15, 0.2) is 11.5 Å². The van der Waals surface area contributed by atoms with Gasteiger partial charge < -0.3 is 19.2 Å². The standard InChI is InChI=1S/C19H16F2N4O6S/c20-19(21)30-15-9-13-14(10-16(15)31-19)23-18(22-13)24-17(26)11-1-3-12(4-2-11)32(27,28)25-5-7-29-8-6-25/h1-4,9-10H,5-8H2,(H2,22,23,24,26). The van der Waals surface area contributed by atoms with Crippen LogP contribution in [0, 0.1) is 0 Å². The predicted molar refractivity (Wildman–Crippen MR) is 106 cm³/mol. The molecule has 13 heteroatoms. The molecule has 168 valence electrons. The molecule has 1 saturated heterocycles. The average Bonchev–Trinajstić information content (AvgIpc) is 3.29. The van der Waals surface area contributed by atoms with Gasteiger partial charge in [0.2, 0.25) is 16.0 Å². The highest BCUT2D eigenvalue weighted by Crippen LogP contribution is 2.42. The van der Waals surface area contributed by atoms with Crippen molar-refractivity contribution in [2.24, 2.45) is 0 Å². The molecule has 1 amide bonds. The lowest BCUT2D eigenvalue weighted by molar-refractivity contribution is -0.286. The number of benzene rings is 2. The highest BCUT2D eigenvalue weighted by molar-refractivity contribution is 7.89. The number of alkyl halides is 2. The average molecular weight is 466 g/mol. The number of nitrogens with one attached hydrogen (secondary N) is 2. The fraction of sp³-hybridized carbons (Fsp3) is 0.263. The summed E-state index contributed by atoms with van der Waals surface area (Å²) in [7, 11) is -3.67. The van der Waals surface area contributed by atoms with E-state index in [0.717, 1.165) is 0 Å². The van der Waals surface area contributed by atoms with Crippen molar-refractivity contribution < 1.29 is 36.2 Å². The number of nitrogens with zero attached hydrogens (tertiary/aromatic N) is 2. The summed E-state index contributed by atoms with van der Waals surface area (Å²) in [5.74, 6) is -0.776. The van der Waals surface area contributed by atoms with Crippen LogP contribution in [0.4, 0.5) is 14.7 Å². The molecule has 2 aliphatic heterocycles. The summed E-state index contributed by atoms with van der Waals surface area (Å²) < 4.78 is 67.0. The van der Waals surface area contributed by atoms with Crippen LogP contribution in [0.5, 0.6) is 11.5 Å². The van der Waals surface area contributed by atoms with Crippen molar-refractivity contribution in [1.29, 1.82) is 0 Å². The van der Waals surface area contributed by atoms with Gasteiger partial charge in [-0.3, -0.25) is 10.1 Å². The maximum absolute atomic E-state index is 13.2. The molecule has 0 bridgehead atoms. The number of amides is 1. The van der Waals surface area contributed by atoms with Crippen LogP contribution in [0.2, 0.25) is 0 Å². The summed E-state index contributed by atoms with van der Waals surface area (Å²) in [5.41, 5.74) is 0.847. The van der Waals surface area contributed by atoms with Crippen LogP contribution in [-0.2, 0) is 14.8 Å². The number of hydrogen-bond acceptors (Lipinski definition) is 7. The second-order valence-corrected chi connectivity index (χ2v) is 9.00. The van der Waals surface area contributed by atoms with Gasteiger partial charge in [0, 0.05) is 30.8 Å². The quantitative estimate of drug-likeness (QED) is 0.604. The van der Waals surface area contributed by atoms with E-state index in [2.05, 4.69) is 24.8 Å². The van der Waals surface area contributed by atoms with Gasteiger partial charge in [-0.2, -0.15) is 4.31 Å². The van der Waals surface area contributed by atoms with Gasteiger partial charge in [0.1, 0.15) is 0 Å². The number of morpholine rings is 1. The normalized spacial score (nSPS) is 18.1. The Morgan fingerprint density at radius 2 is 1.75 bits per heavy atom. The minimum atomic E-state index is -3.74. The molecule has 0 saturated carbocycles. The molecule has 10 nitrogen and oxygen atoms in total. The topological polar surface area (TPSA) is 123 Å². The second-order valence-electron chi connectivity index (χ2n) is 7.06. The van der Waals surface area contributed by atoms with Crippen molar-refractivity contribution in [3.05, 3.63) is 42.0 Å². The minimum Gasteiger partial charge on any atom is -0.395 e. The van der Waals surface area contributed by atoms with Crippen LogP contribution in [0.15, 0.2) is 41.3 Å². The maximum Gasteiger partial charge on any atom is 0.586 e. The molecule has 0 atom stereocenters. The van der Waals surface area contributed by atoms with Gasteiger partial charge in [0.25, 0.3) is 5.91 Å². The molecule has 0 spiro atoms. The molecule has 5 rings (SSSR count). The lowest BCUT2D eigenvalue weighted by Gasteiger charge is -2.26. The van der Waals surface area contributed by atoms with E-state index in [0.29, 0.717) is 18.7 Å². The van der Waals surface area contributed by atoms with Crippen LogP contribution in [0.25, 0.3) is 11.0 Å². The second kappa shape index (κ2) is 7.39. The van der Waals surface area contributed by atoms with Gasteiger partial charge in [-0.25, -0.2) is 13.4 Å². The molecule has 0 aliphatic carbocycles. The van der Waals surface area contributed by atoms with Crippen molar-refractivity contribution in [1.82, 2.24) is 14.3 Å². The Hall–Kier alpha value is -3.29. The van der Waals surface area contributed by atoms with Crippen molar-refractivity contribution in [2.75, 3.05) is 31.6 Å². The van der Waals surface area contributed by atoms with Crippen molar-refractivity contribution >= 4 is 32.9 Å². The number of rotatable bonds is 4. The number of ether oxygens (including phenoxy) is 3. The lowest BCUT2D eigenvalue weighted by atomic mass is 10.2.